The molecule has 1 saturated carbocycles. The van der Waals surface area contributed by atoms with E-state index in [0.717, 1.165) is 6.54 Å². The minimum absolute atomic E-state index is 0.0735. The highest BCUT2D eigenvalue weighted by Gasteiger charge is 2.29. The van der Waals surface area contributed by atoms with Gasteiger partial charge in [-0.25, -0.2) is 0 Å². The van der Waals surface area contributed by atoms with Gasteiger partial charge in [0, 0.05) is 6.04 Å². The van der Waals surface area contributed by atoms with Gasteiger partial charge in [-0.15, -0.1) is 0 Å². The maximum absolute atomic E-state index is 10.2. The molecule has 0 aromatic heterocycles. The second kappa shape index (κ2) is 5.13. The number of hydrogen-bond acceptors (Lipinski definition) is 2. The fourth-order valence-electron chi connectivity index (χ4n) is 2.98. The maximum Gasteiger partial charge on any atom is 0.0721 e. The highest BCUT2D eigenvalue weighted by Crippen LogP contribution is 2.28. The number of nitrogens with one attached hydrogen (secondary N) is 1. The van der Waals surface area contributed by atoms with E-state index in [9.17, 15) is 5.11 Å². The summed E-state index contributed by atoms with van der Waals surface area (Å²) in [4.78, 5) is 0. The SMILES string of the molecule is OC(C1CCCCCC1)[C@@H]1CCCN1. The molecule has 2 fully saturated rings. The van der Waals surface area contributed by atoms with Gasteiger partial charge in [-0.2, -0.15) is 0 Å². The third-order valence-electron chi connectivity index (χ3n) is 3.89. The molecular formula is C12H23NO. The topological polar surface area (TPSA) is 32.3 Å². The second-order valence-corrected chi connectivity index (χ2v) is 4.95. The molecule has 1 saturated heterocycles. The zero-order valence-corrected chi connectivity index (χ0v) is 9.04. The van der Waals surface area contributed by atoms with E-state index >= 15 is 0 Å². The molecule has 0 aromatic carbocycles. The van der Waals surface area contributed by atoms with Crippen LogP contribution in [0.25, 0.3) is 0 Å². The van der Waals surface area contributed by atoms with E-state index in [1.165, 1.54) is 51.4 Å². The number of aliphatic hydroxyl groups is 1. The first kappa shape index (κ1) is 10.4. The Bertz CT molecular complexity index is 158. The molecule has 2 nitrogen and oxygen atoms in total. The van der Waals surface area contributed by atoms with Gasteiger partial charge < -0.3 is 10.4 Å². The molecule has 2 N–H and O–H groups in total. The van der Waals surface area contributed by atoms with Crippen molar-refractivity contribution in [3.63, 3.8) is 0 Å². The highest BCUT2D eigenvalue weighted by atomic mass is 16.3. The standard InChI is InChI=1S/C12H23NO/c14-12(11-8-5-9-13-11)10-6-3-1-2-4-7-10/h10-14H,1-9H2/t11-,12?/m0/s1. The summed E-state index contributed by atoms with van der Waals surface area (Å²) in [5.74, 6) is 0.577. The van der Waals surface area contributed by atoms with Crippen LogP contribution in [0.2, 0.25) is 0 Å². The van der Waals surface area contributed by atoms with Crippen LogP contribution in [0.3, 0.4) is 0 Å². The van der Waals surface area contributed by atoms with Crippen LogP contribution < -0.4 is 5.32 Å². The molecule has 0 bridgehead atoms. The van der Waals surface area contributed by atoms with Crippen LogP contribution in [-0.2, 0) is 0 Å². The van der Waals surface area contributed by atoms with E-state index < -0.39 is 0 Å². The zero-order valence-electron chi connectivity index (χ0n) is 9.04. The average molecular weight is 197 g/mol. The Balaban J connectivity index is 1.84. The smallest absolute Gasteiger partial charge is 0.0721 e. The van der Waals surface area contributed by atoms with Gasteiger partial charge in [0.05, 0.1) is 6.10 Å². The van der Waals surface area contributed by atoms with Gasteiger partial charge in [-0.1, -0.05) is 25.7 Å². The lowest BCUT2D eigenvalue weighted by Crippen LogP contribution is -2.39. The molecule has 1 heterocycles. The van der Waals surface area contributed by atoms with Gasteiger partial charge >= 0.3 is 0 Å². The third-order valence-corrected chi connectivity index (χ3v) is 3.89. The Kier molecular flexibility index (Phi) is 3.82. The molecule has 2 aliphatic rings. The summed E-state index contributed by atoms with van der Waals surface area (Å²) < 4.78 is 0. The van der Waals surface area contributed by atoms with Crippen molar-refractivity contribution in [2.75, 3.05) is 6.54 Å². The molecule has 0 spiro atoms. The van der Waals surface area contributed by atoms with Gasteiger partial charge in [-0.3, -0.25) is 0 Å². The van der Waals surface area contributed by atoms with Crippen LogP contribution in [0.15, 0.2) is 0 Å². The van der Waals surface area contributed by atoms with Gasteiger partial charge in [0.15, 0.2) is 0 Å². The summed E-state index contributed by atoms with van der Waals surface area (Å²) in [6.45, 7) is 1.11. The lowest BCUT2D eigenvalue weighted by Gasteiger charge is -2.26. The van der Waals surface area contributed by atoms with E-state index in [0.29, 0.717) is 12.0 Å². The first-order valence-electron chi connectivity index (χ1n) is 6.29. The molecule has 1 aliphatic heterocycles. The number of rotatable bonds is 2. The predicted octanol–water partition coefficient (Wildman–Crippen LogP) is 2.07. The fraction of sp³-hybridized carbons (Fsp3) is 1.00. The van der Waals surface area contributed by atoms with Crippen molar-refractivity contribution in [3.05, 3.63) is 0 Å². The Hall–Kier alpha value is -0.0800. The summed E-state index contributed by atoms with van der Waals surface area (Å²) in [5, 5.41) is 13.7. The van der Waals surface area contributed by atoms with Crippen LogP contribution in [-0.4, -0.2) is 23.8 Å². The van der Waals surface area contributed by atoms with Crippen molar-refractivity contribution in [2.24, 2.45) is 5.92 Å². The van der Waals surface area contributed by atoms with Crippen molar-refractivity contribution in [2.45, 2.75) is 63.5 Å². The lowest BCUT2D eigenvalue weighted by atomic mass is 9.89. The predicted molar refractivity (Wildman–Crippen MR) is 58.2 cm³/mol. The number of aliphatic hydroxyl groups excluding tert-OH is 1. The molecule has 1 unspecified atom stereocenters. The molecule has 0 aromatic rings. The van der Waals surface area contributed by atoms with Gasteiger partial charge in [0.25, 0.3) is 0 Å². The first-order valence-corrected chi connectivity index (χ1v) is 6.29. The largest absolute Gasteiger partial charge is 0.391 e. The quantitative estimate of drug-likeness (QED) is 0.664. The summed E-state index contributed by atoms with van der Waals surface area (Å²) in [6.07, 6.45) is 10.3. The Morgan fingerprint density at radius 3 is 2.21 bits per heavy atom. The van der Waals surface area contributed by atoms with Gasteiger partial charge in [0.2, 0.25) is 0 Å². The molecule has 82 valence electrons. The molecule has 2 heteroatoms. The van der Waals surface area contributed by atoms with Crippen molar-refractivity contribution < 1.29 is 5.11 Å². The lowest BCUT2D eigenvalue weighted by molar-refractivity contribution is 0.0672. The summed E-state index contributed by atoms with van der Waals surface area (Å²) in [6, 6.07) is 0.401. The van der Waals surface area contributed by atoms with Crippen molar-refractivity contribution in [3.8, 4) is 0 Å². The molecule has 14 heavy (non-hydrogen) atoms. The summed E-state index contributed by atoms with van der Waals surface area (Å²) in [5.41, 5.74) is 0. The minimum atomic E-state index is -0.0735. The Labute approximate surface area is 87.1 Å². The molecule has 2 rings (SSSR count). The molecule has 0 amide bonds. The fourth-order valence-corrected chi connectivity index (χ4v) is 2.98. The van der Waals surface area contributed by atoms with Gasteiger partial charge in [-0.05, 0) is 38.1 Å². The Morgan fingerprint density at radius 1 is 0.929 bits per heavy atom. The van der Waals surface area contributed by atoms with Crippen molar-refractivity contribution in [1.29, 1.82) is 0 Å². The highest BCUT2D eigenvalue weighted by molar-refractivity contribution is 4.86. The van der Waals surface area contributed by atoms with Crippen LogP contribution in [0.4, 0.5) is 0 Å². The van der Waals surface area contributed by atoms with Crippen LogP contribution in [0.5, 0.6) is 0 Å². The Morgan fingerprint density at radius 2 is 1.64 bits per heavy atom. The zero-order chi connectivity index (χ0) is 9.80. The second-order valence-electron chi connectivity index (χ2n) is 4.95. The summed E-state index contributed by atoms with van der Waals surface area (Å²) in [7, 11) is 0. The summed E-state index contributed by atoms with van der Waals surface area (Å²) >= 11 is 0. The van der Waals surface area contributed by atoms with Crippen LogP contribution in [0.1, 0.15) is 51.4 Å². The van der Waals surface area contributed by atoms with Crippen LogP contribution in [0, 0.1) is 5.92 Å². The van der Waals surface area contributed by atoms with E-state index in [1.807, 2.05) is 0 Å². The van der Waals surface area contributed by atoms with E-state index in [1.54, 1.807) is 0 Å². The van der Waals surface area contributed by atoms with E-state index in [-0.39, 0.29) is 6.10 Å². The minimum Gasteiger partial charge on any atom is -0.391 e. The third kappa shape index (κ3) is 2.48. The molecule has 2 atom stereocenters. The first-order chi connectivity index (χ1) is 6.88. The molecular weight excluding hydrogens is 174 g/mol. The van der Waals surface area contributed by atoms with E-state index in [4.69, 9.17) is 0 Å². The van der Waals surface area contributed by atoms with Gasteiger partial charge in [0.1, 0.15) is 0 Å². The maximum atomic E-state index is 10.2. The molecule has 0 radical (unpaired) electrons. The normalized spacial score (nSPS) is 32.8. The number of hydrogen-bond donors (Lipinski definition) is 2. The van der Waals surface area contributed by atoms with E-state index in [2.05, 4.69) is 5.32 Å². The van der Waals surface area contributed by atoms with Crippen molar-refractivity contribution in [1.82, 2.24) is 5.32 Å². The van der Waals surface area contributed by atoms with Crippen LogP contribution >= 0.6 is 0 Å². The molecule has 1 aliphatic carbocycles. The van der Waals surface area contributed by atoms with Crippen molar-refractivity contribution >= 4 is 0 Å². The monoisotopic (exact) mass is 197 g/mol. The average Bonchev–Trinajstić information content (AvgIpc) is 2.59.